The summed E-state index contributed by atoms with van der Waals surface area (Å²) in [7, 11) is 0. The molecule has 4 heteroatoms. The number of halogens is 1. The van der Waals surface area contributed by atoms with Gasteiger partial charge in [0.2, 0.25) is 5.91 Å². The van der Waals surface area contributed by atoms with E-state index < -0.39 is 0 Å². The van der Waals surface area contributed by atoms with Crippen LogP contribution in [0.5, 0.6) is 5.75 Å². The van der Waals surface area contributed by atoms with Crippen molar-refractivity contribution in [1.29, 1.82) is 0 Å². The van der Waals surface area contributed by atoms with Crippen LogP contribution in [-0.2, 0) is 17.9 Å². The maximum Gasteiger partial charge on any atom is 0.235 e. The van der Waals surface area contributed by atoms with Crippen LogP contribution < -0.4 is 10.1 Å². The summed E-state index contributed by atoms with van der Waals surface area (Å²) in [4.78, 5) is 11.0. The molecule has 2 rings (SSSR count). The van der Waals surface area contributed by atoms with Crippen LogP contribution in [0.2, 0.25) is 0 Å². The minimum Gasteiger partial charge on any atom is -0.489 e. The van der Waals surface area contributed by atoms with Crippen LogP contribution >= 0.6 is 11.6 Å². The number of carbonyl (C=O) groups excluding carboxylic acids is 1. The number of hydrogen-bond donors (Lipinski definition) is 1. The monoisotopic (exact) mass is 289 g/mol. The van der Waals surface area contributed by atoms with Gasteiger partial charge in [0.05, 0.1) is 0 Å². The summed E-state index contributed by atoms with van der Waals surface area (Å²) in [6.45, 7) is 1.02. The van der Waals surface area contributed by atoms with E-state index in [4.69, 9.17) is 16.3 Å². The molecule has 0 unspecified atom stereocenters. The van der Waals surface area contributed by atoms with E-state index in [0.717, 1.165) is 16.9 Å². The third kappa shape index (κ3) is 4.59. The van der Waals surface area contributed by atoms with Gasteiger partial charge in [-0.1, -0.05) is 42.5 Å². The molecule has 20 heavy (non-hydrogen) atoms. The highest BCUT2D eigenvalue weighted by molar-refractivity contribution is 6.27. The molecular formula is C16H16ClNO2. The fraction of sp³-hybridized carbons (Fsp3) is 0.188. The number of alkyl halides is 1. The van der Waals surface area contributed by atoms with Gasteiger partial charge in [0.1, 0.15) is 18.2 Å². The van der Waals surface area contributed by atoms with Gasteiger partial charge >= 0.3 is 0 Å². The SMILES string of the molecule is O=C(CCl)NCc1ccc(OCc2ccccc2)cc1. The molecule has 2 aromatic carbocycles. The van der Waals surface area contributed by atoms with Crippen LogP contribution in [-0.4, -0.2) is 11.8 Å². The second kappa shape index (κ2) is 7.56. The first-order chi connectivity index (χ1) is 9.78. The average molecular weight is 290 g/mol. The third-order valence-corrected chi connectivity index (χ3v) is 3.03. The van der Waals surface area contributed by atoms with E-state index in [0.29, 0.717) is 13.2 Å². The van der Waals surface area contributed by atoms with E-state index in [1.54, 1.807) is 0 Å². The highest BCUT2D eigenvalue weighted by atomic mass is 35.5. The van der Waals surface area contributed by atoms with Crippen molar-refractivity contribution in [1.82, 2.24) is 5.32 Å². The number of amides is 1. The lowest BCUT2D eigenvalue weighted by Crippen LogP contribution is -2.23. The van der Waals surface area contributed by atoms with Gasteiger partial charge < -0.3 is 10.1 Å². The van der Waals surface area contributed by atoms with Crippen molar-refractivity contribution in [3.8, 4) is 5.75 Å². The van der Waals surface area contributed by atoms with Gasteiger partial charge in [-0.2, -0.15) is 0 Å². The molecule has 2 aromatic rings. The van der Waals surface area contributed by atoms with Gasteiger partial charge in [-0.15, -0.1) is 11.6 Å². The molecule has 3 nitrogen and oxygen atoms in total. The molecule has 0 saturated carbocycles. The fourth-order valence-corrected chi connectivity index (χ4v) is 1.79. The molecular weight excluding hydrogens is 274 g/mol. The van der Waals surface area contributed by atoms with Gasteiger partial charge in [0.25, 0.3) is 0 Å². The number of rotatable bonds is 6. The largest absolute Gasteiger partial charge is 0.489 e. The second-order valence-corrected chi connectivity index (χ2v) is 4.60. The van der Waals surface area contributed by atoms with Gasteiger partial charge in [-0.3, -0.25) is 4.79 Å². The molecule has 0 aliphatic rings. The Labute approximate surface area is 123 Å². The molecule has 0 radical (unpaired) electrons. The molecule has 0 atom stereocenters. The summed E-state index contributed by atoms with van der Waals surface area (Å²) < 4.78 is 5.69. The summed E-state index contributed by atoms with van der Waals surface area (Å²) in [5, 5.41) is 2.71. The highest BCUT2D eigenvalue weighted by Gasteiger charge is 2.00. The van der Waals surface area contributed by atoms with E-state index in [-0.39, 0.29) is 11.8 Å². The van der Waals surface area contributed by atoms with E-state index in [1.165, 1.54) is 0 Å². The number of hydrogen-bond acceptors (Lipinski definition) is 2. The number of carbonyl (C=O) groups is 1. The zero-order valence-electron chi connectivity index (χ0n) is 11.0. The van der Waals surface area contributed by atoms with Crippen LogP contribution in [0.3, 0.4) is 0 Å². The quantitative estimate of drug-likeness (QED) is 0.830. The second-order valence-electron chi connectivity index (χ2n) is 4.33. The molecule has 104 valence electrons. The number of benzene rings is 2. The van der Waals surface area contributed by atoms with Crippen molar-refractivity contribution < 1.29 is 9.53 Å². The van der Waals surface area contributed by atoms with Crippen LogP contribution in [0.4, 0.5) is 0 Å². The molecule has 0 fully saturated rings. The van der Waals surface area contributed by atoms with Gasteiger partial charge in [-0.05, 0) is 23.3 Å². The Balaban J connectivity index is 1.84. The minimum absolute atomic E-state index is 0.0156. The van der Waals surface area contributed by atoms with Crippen molar-refractivity contribution in [2.45, 2.75) is 13.2 Å². The Morgan fingerprint density at radius 3 is 2.35 bits per heavy atom. The molecule has 0 spiro atoms. The lowest BCUT2D eigenvalue weighted by molar-refractivity contribution is -0.118. The Kier molecular flexibility index (Phi) is 5.44. The zero-order chi connectivity index (χ0) is 14.2. The number of nitrogens with one attached hydrogen (secondary N) is 1. The molecule has 0 heterocycles. The van der Waals surface area contributed by atoms with Crippen molar-refractivity contribution >= 4 is 17.5 Å². The summed E-state index contributed by atoms with van der Waals surface area (Å²) in [6.07, 6.45) is 0. The Morgan fingerprint density at radius 1 is 1.00 bits per heavy atom. The predicted molar refractivity (Wildman–Crippen MR) is 79.8 cm³/mol. The van der Waals surface area contributed by atoms with E-state index >= 15 is 0 Å². The van der Waals surface area contributed by atoms with E-state index in [1.807, 2.05) is 54.6 Å². The topological polar surface area (TPSA) is 38.3 Å². The molecule has 0 aliphatic carbocycles. The van der Waals surface area contributed by atoms with Gasteiger partial charge in [-0.25, -0.2) is 0 Å². The summed E-state index contributed by atoms with van der Waals surface area (Å²) in [5.74, 6) is 0.621. The van der Waals surface area contributed by atoms with Crippen LogP contribution in [0.25, 0.3) is 0 Å². The van der Waals surface area contributed by atoms with Crippen LogP contribution in [0.15, 0.2) is 54.6 Å². The normalized spacial score (nSPS) is 10.1. The van der Waals surface area contributed by atoms with Crippen molar-refractivity contribution in [3.63, 3.8) is 0 Å². The van der Waals surface area contributed by atoms with Crippen molar-refractivity contribution in [3.05, 3.63) is 65.7 Å². The standard InChI is InChI=1S/C16H16ClNO2/c17-10-16(19)18-11-13-6-8-15(9-7-13)20-12-14-4-2-1-3-5-14/h1-9H,10-12H2,(H,18,19). The summed E-state index contributed by atoms with van der Waals surface area (Å²) >= 11 is 5.41. The average Bonchev–Trinajstić information content (AvgIpc) is 2.52. The van der Waals surface area contributed by atoms with Gasteiger partial charge in [0.15, 0.2) is 0 Å². The van der Waals surface area contributed by atoms with Crippen LogP contribution in [0.1, 0.15) is 11.1 Å². The molecule has 0 saturated heterocycles. The fourth-order valence-electron chi connectivity index (χ4n) is 1.69. The first-order valence-corrected chi connectivity index (χ1v) is 6.89. The molecule has 0 bridgehead atoms. The van der Waals surface area contributed by atoms with Gasteiger partial charge in [0, 0.05) is 6.54 Å². The lowest BCUT2D eigenvalue weighted by atomic mass is 10.2. The molecule has 1 amide bonds. The van der Waals surface area contributed by atoms with E-state index in [2.05, 4.69) is 5.32 Å². The first-order valence-electron chi connectivity index (χ1n) is 6.36. The minimum atomic E-state index is -0.170. The maximum atomic E-state index is 11.0. The molecule has 1 N–H and O–H groups in total. The van der Waals surface area contributed by atoms with Crippen molar-refractivity contribution in [2.24, 2.45) is 0 Å². The smallest absolute Gasteiger partial charge is 0.235 e. The highest BCUT2D eigenvalue weighted by Crippen LogP contribution is 2.14. The first kappa shape index (κ1) is 14.4. The van der Waals surface area contributed by atoms with Crippen molar-refractivity contribution in [2.75, 3.05) is 5.88 Å². The predicted octanol–water partition coefficient (Wildman–Crippen LogP) is 3.12. The Morgan fingerprint density at radius 2 is 1.70 bits per heavy atom. The zero-order valence-corrected chi connectivity index (χ0v) is 11.8. The summed E-state index contributed by atoms with van der Waals surface area (Å²) in [6, 6.07) is 17.6. The van der Waals surface area contributed by atoms with E-state index in [9.17, 15) is 4.79 Å². The number of ether oxygens (including phenoxy) is 1. The van der Waals surface area contributed by atoms with Crippen LogP contribution in [0, 0.1) is 0 Å². The Hall–Kier alpha value is -2.00. The molecule has 0 aliphatic heterocycles. The Bertz CT molecular complexity index is 540. The molecule has 0 aromatic heterocycles. The maximum absolute atomic E-state index is 11.0. The lowest BCUT2D eigenvalue weighted by Gasteiger charge is -2.08. The third-order valence-electron chi connectivity index (χ3n) is 2.78. The summed E-state index contributed by atoms with van der Waals surface area (Å²) in [5.41, 5.74) is 2.14.